The maximum atomic E-state index is 12.4. The number of ether oxygens (including phenoxy) is 2. The smallest absolute Gasteiger partial charge is 0.356 e. The van der Waals surface area contributed by atoms with Crippen molar-refractivity contribution in [3.63, 3.8) is 0 Å². The van der Waals surface area contributed by atoms with Crippen LogP contribution in [-0.4, -0.2) is 29.7 Å². The van der Waals surface area contributed by atoms with Gasteiger partial charge in [0.1, 0.15) is 17.4 Å². The molecular weight excluding hydrogens is 314 g/mol. The van der Waals surface area contributed by atoms with E-state index in [2.05, 4.69) is 0 Å². The number of benzene rings is 1. The molecule has 1 aliphatic heterocycles. The second-order valence-electron chi connectivity index (χ2n) is 5.65. The highest BCUT2D eigenvalue weighted by molar-refractivity contribution is 6.16. The second-order valence-corrected chi connectivity index (χ2v) is 5.65. The van der Waals surface area contributed by atoms with Crippen LogP contribution in [0, 0.1) is 0 Å². The molecule has 1 aliphatic rings. The highest BCUT2D eigenvalue weighted by Crippen LogP contribution is 2.34. The summed E-state index contributed by atoms with van der Waals surface area (Å²) in [5.41, 5.74) is -0.0370. The van der Waals surface area contributed by atoms with Crippen molar-refractivity contribution >= 4 is 33.8 Å². The Morgan fingerprint density at radius 2 is 1.96 bits per heavy atom. The van der Waals surface area contributed by atoms with Gasteiger partial charge >= 0.3 is 17.6 Å². The van der Waals surface area contributed by atoms with Gasteiger partial charge in [0.2, 0.25) is 0 Å². The Morgan fingerprint density at radius 3 is 2.67 bits per heavy atom. The van der Waals surface area contributed by atoms with E-state index in [1.54, 1.807) is 35.8 Å². The standard InChI is InChI=1S/C17H13NO6/c1-8-7-18-12-9-5-3-4-6-10(9)15(19)24-14(12)11(16(20)22-2)13(18)17(21)23-8/h3-6,8H,7H2,1-2H3. The van der Waals surface area contributed by atoms with Crippen LogP contribution < -0.4 is 5.63 Å². The normalized spacial score (nSPS) is 16.9. The first-order valence-corrected chi connectivity index (χ1v) is 7.40. The SMILES string of the molecule is COC(=O)c1c2n(c3c1oc(=O)c1ccccc13)CC(C)OC2=O. The summed E-state index contributed by atoms with van der Waals surface area (Å²) in [5, 5.41) is 0.996. The van der Waals surface area contributed by atoms with Crippen LogP contribution >= 0.6 is 0 Å². The number of carbonyl (C=O) groups is 2. The third kappa shape index (κ3) is 1.81. The van der Waals surface area contributed by atoms with E-state index >= 15 is 0 Å². The highest BCUT2D eigenvalue weighted by Gasteiger charge is 2.36. The Labute approximate surface area is 135 Å². The zero-order valence-corrected chi connectivity index (χ0v) is 13.0. The Bertz CT molecular complexity index is 1070. The second kappa shape index (κ2) is 4.95. The molecule has 0 spiro atoms. The van der Waals surface area contributed by atoms with Gasteiger partial charge in [0, 0.05) is 5.39 Å². The summed E-state index contributed by atoms with van der Waals surface area (Å²) in [7, 11) is 1.20. The number of rotatable bonds is 1. The van der Waals surface area contributed by atoms with Crippen molar-refractivity contribution in [1.82, 2.24) is 4.57 Å². The molecule has 122 valence electrons. The van der Waals surface area contributed by atoms with Gasteiger partial charge in [-0.1, -0.05) is 18.2 Å². The molecule has 0 N–H and O–H groups in total. The topological polar surface area (TPSA) is 87.7 Å². The molecule has 7 nitrogen and oxygen atoms in total. The summed E-state index contributed by atoms with van der Waals surface area (Å²) in [4.78, 5) is 36.9. The number of cyclic esters (lactones) is 1. The van der Waals surface area contributed by atoms with Crippen LogP contribution in [-0.2, 0) is 16.0 Å². The fourth-order valence-corrected chi connectivity index (χ4v) is 3.20. The van der Waals surface area contributed by atoms with E-state index in [1.165, 1.54) is 7.11 Å². The summed E-state index contributed by atoms with van der Waals surface area (Å²) in [6, 6.07) is 6.91. The molecular formula is C17H13NO6. The third-order valence-electron chi connectivity index (χ3n) is 4.15. The number of hydrogen-bond donors (Lipinski definition) is 0. The van der Waals surface area contributed by atoms with Crippen molar-refractivity contribution in [3.05, 3.63) is 45.9 Å². The average molecular weight is 327 g/mol. The van der Waals surface area contributed by atoms with Crippen LogP contribution in [0.3, 0.4) is 0 Å². The van der Waals surface area contributed by atoms with Gasteiger partial charge in [-0.05, 0) is 13.0 Å². The Morgan fingerprint density at radius 1 is 1.25 bits per heavy atom. The van der Waals surface area contributed by atoms with Crippen LogP contribution in [0.5, 0.6) is 0 Å². The molecule has 1 aromatic carbocycles. The molecule has 0 bridgehead atoms. The van der Waals surface area contributed by atoms with Crippen LogP contribution in [0.25, 0.3) is 21.9 Å². The van der Waals surface area contributed by atoms with Gasteiger partial charge in [-0.3, -0.25) is 0 Å². The third-order valence-corrected chi connectivity index (χ3v) is 4.15. The van der Waals surface area contributed by atoms with E-state index in [9.17, 15) is 14.4 Å². The van der Waals surface area contributed by atoms with Gasteiger partial charge < -0.3 is 18.5 Å². The zero-order chi connectivity index (χ0) is 17.0. The van der Waals surface area contributed by atoms with Crippen molar-refractivity contribution in [1.29, 1.82) is 0 Å². The van der Waals surface area contributed by atoms with E-state index < -0.39 is 17.6 Å². The maximum absolute atomic E-state index is 12.4. The minimum Gasteiger partial charge on any atom is -0.465 e. The number of aromatic nitrogens is 1. The molecule has 4 rings (SSSR count). The molecule has 3 heterocycles. The van der Waals surface area contributed by atoms with Crippen molar-refractivity contribution in [2.75, 3.05) is 7.11 Å². The maximum Gasteiger partial charge on any atom is 0.356 e. The number of methoxy groups -OCH3 is 1. The number of esters is 2. The van der Waals surface area contributed by atoms with Crippen molar-refractivity contribution in [2.45, 2.75) is 19.6 Å². The summed E-state index contributed by atoms with van der Waals surface area (Å²) < 4.78 is 17.1. The number of fused-ring (bicyclic) bond motifs is 5. The molecule has 1 unspecified atom stereocenters. The monoisotopic (exact) mass is 327 g/mol. The van der Waals surface area contributed by atoms with E-state index in [4.69, 9.17) is 13.9 Å². The van der Waals surface area contributed by atoms with Crippen LogP contribution in [0.1, 0.15) is 27.8 Å². The summed E-state index contributed by atoms with van der Waals surface area (Å²) in [5.74, 6) is -1.39. The molecule has 0 fully saturated rings. The Balaban J connectivity index is 2.27. The predicted octanol–water partition coefficient (Wildman–Crippen LogP) is 2.09. The highest BCUT2D eigenvalue weighted by atomic mass is 16.5. The van der Waals surface area contributed by atoms with E-state index in [0.29, 0.717) is 22.8 Å². The van der Waals surface area contributed by atoms with Crippen molar-refractivity contribution in [3.8, 4) is 0 Å². The Hall–Kier alpha value is -3.09. The lowest BCUT2D eigenvalue weighted by molar-refractivity contribution is 0.0210. The molecule has 2 aromatic heterocycles. The molecule has 0 saturated carbocycles. The molecule has 0 aliphatic carbocycles. The average Bonchev–Trinajstić information content (AvgIpc) is 2.89. The predicted molar refractivity (Wildman–Crippen MR) is 84.2 cm³/mol. The minimum absolute atomic E-state index is 0.0478. The number of nitrogens with zero attached hydrogens (tertiary/aromatic N) is 1. The molecule has 1 atom stereocenters. The van der Waals surface area contributed by atoms with Gasteiger partial charge in [0.25, 0.3) is 0 Å². The fraction of sp³-hybridized carbons (Fsp3) is 0.235. The summed E-state index contributed by atoms with van der Waals surface area (Å²) >= 11 is 0. The lowest BCUT2D eigenvalue weighted by atomic mass is 10.1. The lowest BCUT2D eigenvalue weighted by Gasteiger charge is -2.22. The van der Waals surface area contributed by atoms with Gasteiger partial charge in [-0.2, -0.15) is 0 Å². The first-order valence-electron chi connectivity index (χ1n) is 7.40. The van der Waals surface area contributed by atoms with Crippen molar-refractivity contribution < 1.29 is 23.5 Å². The van der Waals surface area contributed by atoms with Crippen LogP contribution in [0.4, 0.5) is 0 Å². The van der Waals surface area contributed by atoms with E-state index in [0.717, 1.165) is 0 Å². The largest absolute Gasteiger partial charge is 0.465 e. The summed E-state index contributed by atoms with van der Waals surface area (Å²) in [6.07, 6.45) is -0.364. The Kier molecular flexibility index (Phi) is 2.99. The quantitative estimate of drug-likeness (QED) is 0.636. The molecule has 0 radical (unpaired) electrons. The molecule has 24 heavy (non-hydrogen) atoms. The van der Waals surface area contributed by atoms with E-state index in [1.807, 2.05) is 0 Å². The molecule has 0 saturated heterocycles. The zero-order valence-electron chi connectivity index (χ0n) is 13.0. The van der Waals surface area contributed by atoms with Gasteiger partial charge in [0.05, 0.1) is 24.6 Å². The number of hydrogen-bond acceptors (Lipinski definition) is 6. The van der Waals surface area contributed by atoms with Gasteiger partial charge in [0.15, 0.2) is 5.58 Å². The summed E-state index contributed by atoms with van der Waals surface area (Å²) in [6.45, 7) is 2.11. The van der Waals surface area contributed by atoms with Crippen LogP contribution in [0.2, 0.25) is 0 Å². The fourth-order valence-electron chi connectivity index (χ4n) is 3.20. The molecule has 0 amide bonds. The molecule has 3 aromatic rings. The lowest BCUT2D eigenvalue weighted by Crippen LogP contribution is -2.30. The van der Waals surface area contributed by atoms with Gasteiger partial charge in [-0.15, -0.1) is 0 Å². The van der Waals surface area contributed by atoms with Crippen molar-refractivity contribution in [2.24, 2.45) is 0 Å². The first kappa shape index (κ1) is 14.5. The van der Waals surface area contributed by atoms with Gasteiger partial charge in [-0.25, -0.2) is 14.4 Å². The van der Waals surface area contributed by atoms with E-state index in [-0.39, 0.29) is 22.9 Å². The number of carbonyl (C=O) groups excluding carboxylic acids is 2. The van der Waals surface area contributed by atoms with Crippen LogP contribution in [0.15, 0.2) is 33.5 Å². The minimum atomic E-state index is -0.751. The first-order chi connectivity index (χ1) is 11.5. The molecule has 7 heteroatoms.